The molecule has 3 nitrogen and oxygen atoms in total. The fourth-order valence-corrected chi connectivity index (χ4v) is 2.29. The molecule has 2 aromatic rings. The van der Waals surface area contributed by atoms with Crippen molar-refractivity contribution in [2.75, 3.05) is 5.73 Å². The molecule has 0 unspecified atom stereocenters. The molecular formula is C12H6Cl3N3. The van der Waals surface area contributed by atoms with Crippen LogP contribution in [0.5, 0.6) is 0 Å². The van der Waals surface area contributed by atoms with Gasteiger partial charge in [0.15, 0.2) is 0 Å². The number of nitrogens with zero attached hydrogens (tertiary/aromatic N) is 2. The molecule has 18 heavy (non-hydrogen) atoms. The smallest absolute Gasteiger partial charge is 0.132 e. The van der Waals surface area contributed by atoms with Crippen LogP contribution in [-0.2, 0) is 0 Å². The number of anilines is 1. The second-order valence-electron chi connectivity index (χ2n) is 3.48. The highest BCUT2D eigenvalue weighted by Gasteiger charge is 2.16. The third-order valence-corrected chi connectivity index (χ3v) is 3.38. The van der Waals surface area contributed by atoms with Gasteiger partial charge in [-0.1, -0.05) is 34.8 Å². The molecule has 0 atom stereocenters. The SMILES string of the molecule is N#Cc1ccnc(N)c1-c1cc(Cl)cc(Cl)c1Cl. The second-order valence-corrected chi connectivity index (χ2v) is 4.70. The summed E-state index contributed by atoms with van der Waals surface area (Å²) >= 11 is 18.0. The number of hydrogen-bond acceptors (Lipinski definition) is 3. The summed E-state index contributed by atoms with van der Waals surface area (Å²) in [5, 5.41) is 10.1. The number of nitrogen functional groups attached to an aromatic ring is 1. The molecule has 0 aliphatic carbocycles. The molecule has 2 N–H and O–H groups in total. The molecule has 6 heteroatoms. The molecular weight excluding hydrogens is 293 g/mol. The lowest BCUT2D eigenvalue weighted by Gasteiger charge is -2.10. The van der Waals surface area contributed by atoms with E-state index in [1.807, 2.05) is 6.07 Å². The van der Waals surface area contributed by atoms with Crippen LogP contribution in [0.3, 0.4) is 0 Å². The third kappa shape index (κ3) is 2.23. The van der Waals surface area contributed by atoms with Crippen molar-refractivity contribution in [3.8, 4) is 17.2 Å². The van der Waals surface area contributed by atoms with Crippen LogP contribution in [0.25, 0.3) is 11.1 Å². The summed E-state index contributed by atoms with van der Waals surface area (Å²) in [5.74, 6) is 0.203. The van der Waals surface area contributed by atoms with E-state index in [1.54, 1.807) is 12.1 Å². The zero-order valence-electron chi connectivity index (χ0n) is 8.92. The van der Waals surface area contributed by atoms with Gasteiger partial charge in [0.2, 0.25) is 0 Å². The van der Waals surface area contributed by atoms with E-state index in [0.29, 0.717) is 26.7 Å². The number of rotatable bonds is 1. The van der Waals surface area contributed by atoms with Gasteiger partial charge in [-0.25, -0.2) is 4.98 Å². The molecule has 0 fully saturated rings. The Bertz CT molecular complexity index is 662. The number of halogens is 3. The molecule has 0 amide bonds. The van der Waals surface area contributed by atoms with E-state index in [1.165, 1.54) is 12.3 Å². The normalized spacial score (nSPS) is 10.1. The standard InChI is InChI=1S/C12H6Cl3N3/c13-7-3-8(11(15)9(14)4-7)10-6(5-16)1-2-18-12(10)17/h1-4H,(H2,17,18). The molecule has 0 saturated heterocycles. The molecule has 2 rings (SSSR count). The van der Waals surface area contributed by atoms with E-state index in [-0.39, 0.29) is 10.8 Å². The quantitative estimate of drug-likeness (QED) is 0.804. The lowest BCUT2D eigenvalue weighted by atomic mass is 10.0. The van der Waals surface area contributed by atoms with E-state index in [4.69, 9.17) is 45.8 Å². The third-order valence-electron chi connectivity index (χ3n) is 2.36. The molecule has 90 valence electrons. The summed E-state index contributed by atoms with van der Waals surface area (Å²) in [6, 6.07) is 6.71. The second kappa shape index (κ2) is 5.03. The Hall–Kier alpha value is -1.47. The Balaban J connectivity index is 2.82. The van der Waals surface area contributed by atoms with Gasteiger partial charge in [0.05, 0.1) is 21.7 Å². The number of hydrogen-bond donors (Lipinski definition) is 1. The topological polar surface area (TPSA) is 62.7 Å². The molecule has 1 aromatic heterocycles. The van der Waals surface area contributed by atoms with Crippen molar-refractivity contribution in [3.63, 3.8) is 0 Å². The van der Waals surface area contributed by atoms with Gasteiger partial charge >= 0.3 is 0 Å². The van der Waals surface area contributed by atoms with Crippen LogP contribution >= 0.6 is 34.8 Å². The maximum absolute atomic E-state index is 9.09. The maximum Gasteiger partial charge on any atom is 0.132 e. The Kier molecular flexibility index (Phi) is 3.63. The number of nitriles is 1. The zero-order valence-corrected chi connectivity index (χ0v) is 11.2. The molecule has 0 aliphatic rings. The first-order valence-electron chi connectivity index (χ1n) is 4.84. The van der Waals surface area contributed by atoms with Gasteiger partial charge in [-0.2, -0.15) is 5.26 Å². The number of benzene rings is 1. The van der Waals surface area contributed by atoms with E-state index in [9.17, 15) is 0 Å². The van der Waals surface area contributed by atoms with E-state index in [2.05, 4.69) is 4.98 Å². The van der Waals surface area contributed by atoms with Crippen LogP contribution in [0.4, 0.5) is 5.82 Å². The van der Waals surface area contributed by atoms with Crippen molar-refractivity contribution in [2.45, 2.75) is 0 Å². The van der Waals surface area contributed by atoms with Crippen molar-refractivity contribution in [1.29, 1.82) is 5.26 Å². The first kappa shape index (κ1) is 13.0. The van der Waals surface area contributed by atoms with Gasteiger partial charge in [-0.3, -0.25) is 0 Å². The molecule has 0 aliphatic heterocycles. The fraction of sp³-hybridized carbons (Fsp3) is 0. The highest BCUT2D eigenvalue weighted by molar-refractivity contribution is 6.45. The molecule has 0 radical (unpaired) electrons. The van der Waals surface area contributed by atoms with Crippen molar-refractivity contribution >= 4 is 40.6 Å². The van der Waals surface area contributed by atoms with Crippen LogP contribution in [-0.4, -0.2) is 4.98 Å². The number of pyridine rings is 1. The summed E-state index contributed by atoms with van der Waals surface area (Å²) in [6.07, 6.45) is 1.46. The predicted octanol–water partition coefficient (Wildman–Crippen LogP) is 4.16. The minimum Gasteiger partial charge on any atom is -0.383 e. The average molecular weight is 299 g/mol. The van der Waals surface area contributed by atoms with Crippen LogP contribution in [0, 0.1) is 11.3 Å². The molecule has 0 spiro atoms. The minimum atomic E-state index is 0.203. The van der Waals surface area contributed by atoms with E-state index >= 15 is 0 Å². The Morgan fingerprint density at radius 1 is 1.22 bits per heavy atom. The fourth-order valence-electron chi connectivity index (χ4n) is 1.59. The van der Waals surface area contributed by atoms with Gasteiger partial charge in [0.25, 0.3) is 0 Å². The average Bonchev–Trinajstić information content (AvgIpc) is 2.33. The number of nitrogens with two attached hydrogens (primary N) is 1. The van der Waals surface area contributed by atoms with Crippen molar-refractivity contribution < 1.29 is 0 Å². The highest BCUT2D eigenvalue weighted by Crippen LogP contribution is 2.39. The van der Waals surface area contributed by atoms with Gasteiger partial charge in [0.1, 0.15) is 5.82 Å². The number of aromatic nitrogens is 1. The van der Waals surface area contributed by atoms with Crippen molar-refractivity contribution in [3.05, 3.63) is 45.0 Å². The van der Waals surface area contributed by atoms with Gasteiger partial charge in [-0.05, 0) is 18.2 Å². The summed E-state index contributed by atoms with van der Waals surface area (Å²) in [6.45, 7) is 0. The summed E-state index contributed by atoms with van der Waals surface area (Å²) in [7, 11) is 0. The summed E-state index contributed by atoms with van der Waals surface area (Å²) < 4.78 is 0. The molecule has 0 saturated carbocycles. The Morgan fingerprint density at radius 2 is 1.94 bits per heavy atom. The van der Waals surface area contributed by atoms with E-state index in [0.717, 1.165) is 0 Å². The van der Waals surface area contributed by atoms with Crippen molar-refractivity contribution in [1.82, 2.24) is 4.98 Å². The summed E-state index contributed by atoms with van der Waals surface area (Å²) in [4.78, 5) is 3.95. The van der Waals surface area contributed by atoms with Gasteiger partial charge in [0, 0.05) is 22.3 Å². The first-order valence-corrected chi connectivity index (χ1v) is 5.97. The Labute approximate surface area is 119 Å². The van der Waals surface area contributed by atoms with Crippen LogP contribution in [0.15, 0.2) is 24.4 Å². The lowest BCUT2D eigenvalue weighted by molar-refractivity contribution is 1.32. The van der Waals surface area contributed by atoms with Gasteiger partial charge < -0.3 is 5.73 Å². The summed E-state index contributed by atoms with van der Waals surface area (Å²) in [5.41, 5.74) is 7.09. The molecule has 1 aromatic carbocycles. The zero-order chi connectivity index (χ0) is 13.3. The first-order chi connectivity index (χ1) is 8.54. The predicted molar refractivity (Wildman–Crippen MR) is 73.8 cm³/mol. The van der Waals surface area contributed by atoms with Crippen LogP contribution in [0.2, 0.25) is 15.1 Å². The molecule has 1 heterocycles. The van der Waals surface area contributed by atoms with Gasteiger partial charge in [-0.15, -0.1) is 0 Å². The maximum atomic E-state index is 9.09. The monoisotopic (exact) mass is 297 g/mol. The molecule has 0 bridgehead atoms. The largest absolute Gasteiger partial charge is 0.383 e. The van der Waals surface area contributed by atoms with Crippen LogP contribution in [0.1, 0.15) is 5.56 Å². The van der Waals surface area contributed by atoms with Crippen LogP contribution < -0.4 is 5.73 Å². The Morgan fingerprint density at radius 3 is 2.61 bits per heavy atom. The highest BCUT2D eigenvalue weighted by atomic mass is 35.5. The lowest BCUT2D eigenvalue weighted by Crippen LogP contribution is -1.97. The van der Waals surface area contributed by atoms with Crippen molar-refractivity contribution in [2.24, 2.45) is 0 Å². The van der Waals surface area contributed by atoms with E-state index < -0.39 is 0 Å². The minimum absolute atomic E-state index is 0.203.